The van der Waals surface area contributed by atoms with Gasteiger partial charge in [0, 0.05) is 0 Å². The zero-order chi connectivity index (χ0) is 18.6. The van der Waals surface area contributed by atoms with Crippen LogP contribution in [0.1, 0.15) is 19.4 Å². The third-order valence-corrected chi connectivity index (χ3v) is 4.11. The fourth-order valence-electron chi connectivity index (χ4n) is 1.80. The third-order valence-electron chi connectivity index (χ3n) is 2.81. The van der Waals surface area contributed by atoms with E-state index in [0.717, 1.165) is 12.1 Å². The Morgan fingerprint density at radius 3 is 2.44 bits per heavy atom. The highest BCUT2D eigenvalue weighted by atomic mass is 35.5. The quantitative estimate of drug-likeness (QED) is 0.362. The summed E-state index contributed by atoms with van der Waals surface area (Å²) in [6, 6.07) is 1.57. The van der Waals surface area contributed by atoms with Gasteiger partial charge in [-0.3, -0.25) is 0 Å². The lowest BCUT2D eigenvalue weighted by Gasteiger charge is -2.12. The van der Waals surface area contributed by atoms with Crippen LogP contribution < -0.4 is 0 Å². The van der Waals surface area contributed by atoms with Gasteiger partial charge in [-0.15, -0.1) is 5.10 Å². The number of nitrogens with zero attached hydrogens (tertiary/aromatic N) is 4. The van der Waals surface area contributed by atoms with Crippen LogP contribution >= 0.6 is 35.0 Å². The Morgan fingerprint density at radius 2 is 1.92 bits per heavy atom. The molecule has 0 saturated heterocycles. The number of hydrogen-bond donors (Lipinski definition) is 0. The fraction of sp³-hybridized carbons (Fsp3) is 0.357. The highest BCUT2D eigenvalue weighted by molar-refractivity contribution is 7.99. The Balaban J connectivity index is 2.56. The van der Waals surface area contributed by atoms with E-state index in [9.17, 15) is 13.2 Å². The Morgan fingerprint density at radius 1 is 1.28 bits per heavy atom. The second-order valence-corrected chi connectivity index (χ2v) is 6.56. The predicted molar refractivity (Wildman–Crippen MR) is 92.6 cm³/mol. The minimum atomic E-state index is -4.56. The minimum Gasteiger partial charge on any atom is -0.483 e. The normalized spacial score (nSPS) is 12.1. The highest BCUT2D eigenvalue weighted by Gasteiger charge is 2.32. The van der Waals surface area contributed by atoms with Crippen molar-refractivity contribution in [3.63, 3.8) is 0 Å². The van der Waals surface area contributed by atoms with Gasteiger partial charge in [0.1, 0.15) is 5.69 Å². The van der Waals surface area contributed by atoms with E-state index < -0.39 is 11.7 Å². The van der Waals surface area contributed by atoms with E-state index in [2.05, 4.69) is 15.1 Å². The number of halogens is 5. The Bertz CT molecular complexity index is 757. The molecule has 25 heavy (non-hydrogen) atoms. The molecule has 136 valence electrons. The molecule has 0 unspecified atom stereocenters. The van der Waals surface area contributed by atoms with Gasteiger partial charge in [-0.25, -0.2) is 0 Å². The van der Waals surface area contributed by atoms with E-state index in [0.29, 0.717) is 17.5 Å². The van der Waals surface area contributed by atoms with Crippen molar-refractivity contribution in [2.75, 3.05) is 12.4 Å². The number of aliphatic imine (C=N–C) groups is 1. The first-order chi connectivity index (χ1) is 11.8. The standard InChI is InChI=1S/C14H13Cl2F3N4OS/c1-3-24-7-20-12-21-13(25-4-2)22-23(12)11-9(15)5-8(6-10(11)16)14(17,18)19/h5-7H,3-4H2,1-2H3. The molecule has 0 aliphatic heterocycles. The summed E-state index contributed by atoms with van der Waals surface area (Å²) in [5, 5.41) is 4.16. The summed E-state index contributed by atoms with van der Waals surface area (Å²) in [5.41, 5.74) is -0.885. The van der Waals surface area contributed by atoms with Gasteiger partial charge in [-0.2, -0.15) is 27.8 Å². The first-order valence-electron chi connectivity index (χ1n) is 7.08. The molecule has 0 aliphatic carbocycles. The monoisotopic (exact) mass is 412 g/mol. The Hall–Kier alpha value is -1.45. The first kappa shape index (κ1) is 19.9. The second kappa shape index (κ2) is 8.29. The maximum atomic E-state index is 12.9. The maximum absolute atomic E-state index is 12.9. The molecular formula is C14H13Cl2F3N4OS. The largest absolute Gasteiger partial charge is 0.483 e. The van der Waals surface area contributed by atoms with Crippen molar-refractivity contribution in [3.05, 3.63) is 27.7 Å². The smallest absolute Gasteiger partial charge is 0.416 e. The van der Waals surface area contributed by atoms with Crippen LogP contribution in [0.2, 0.25) is 10.0 Å². The van der Waals surface area contributed by atoms with E-state index in [1.165, 1.54) is 22.8 Å². The lowest BCUT2D eigenvalue weighted by atomic mass is 10.2. The van der Waals surface area contributed by atoms with Crippen LogP contribution in [0.15, 0.2) is 22.3 Å². The van der Waals surface area contributed by atoms with Crippen molar-refractivity contribution in [2.45, 2.75) is 25.2 Å². The van der Waals surface area contributed by atoms with Crippen molar-refractivity contribution in [1.29, 1.82) is 0 Å². The van der Waals surface area contributed by atoms with Gasteiger partial charge in [0.2, 0.25) is 5.16 Å². The van der Waals surface area contributed by atoms with Crippen LogP contribution in [-0.2, 0) is 10.9 Å². The molecule has 0 atom stereocenters. The molecule has 0 fully saturated rings. The molecule has 0 saturated carbocycles. The fourth-order valence-corrected chi connectivity index (χ4v) is 2.99. The first-order valence-corrected chi connectivity index (χ1v) is 8.82. The molecular weight excluding hydrogens is 400 g/mol. The summed E-state index contributed by atoms with van der Waals surface area (Å²) in [6.07, 6.45) is -3.39. The summed E-state index contributed by atoms with van der Waals surface area (Å²) in [7, 11) is 0. The molecule has 0 spiro atoms. The highest BCUT2D eigenvalue weighted by Crippen LogP contribution is 2.38. The average Bonchev–Trinajstić information content (AvgIpc) is 2.89. The molecule has 1 aromatic carbocycles. The summed E-state index contributed by atoms with van der Waals surface area (Å²) in [6.45, 7) is 4.08. The van der Waals surface area contributed by atoms with Gasteiger partial charge in [0.25, 0.3) is 5.95 Å². The van der Waals surface area contributed by atoms with E-state index >= 15 is 0 Å². The molecule has 2 rings (SSSR count). The SMILES string of the molecule is CCOC=Nc1nc(SCC)nn1-c1c(Cl)cc(C(F)(F)F)cc1Cl. The van der Waals surface area contributed by atoms with Crippen molar-refractivity contribution in [2.24, 2.45) is 4.99 Å². The summed E-state index contributed by atoms with van der Waals surface area (Å²) in [4.78, 5) is 8.22. The van der Waals surface area contributed by atoms with Crippen LogP contribution in [0.4, 0.5) is 19.1 Å². The average molecular weight is 413 g/mol. The van der Waals surface area contributed by atoms with E-state index in [1.54, 1.807) is 6.92 Å². The molecule has 0 bridgehead atoms. The maximum Gasteiger partial charge on any atom is 0.416 e. The van der Waals surface area contributed by atoms with Crippen LogP contribution in [0.25, 0.3) is 5.69 Å². The summed E-state index contributed by atoms with van der Waals surface area (Å²) < 4.78 is 44.8. The number of hydrogen-bond acceptors (Lipinski definition) is 5. The van der Waals surface area contributed by atoms with Crippen molar-refractivity contribution >= 4 is 47.3 Å². The van der Waals surface area contributed by atoms with Crippen molar-refractivity contribution in [1.82, 2.24) is 14.8 Å². The molecule has 1 heterocycles. The van der Waals surface area contributed by atoms with Crippen LogP contribution in [-0.4, -0.2) is 33.5 Å². The number of alkyl halides is 3. The van der Waals surface area contributed by atoms with Gasteiger partial charge in [0.05, 0.1) is 22.2 Å². The number of benzene rings is 1. The van der Waals surface area contributed by atoms with E-state index in [-0.39, 0.29) is 21.7 Å². The topological polar surface area (TPSA) is 52.3 Å². The number of rotatable bonds is 6. The van der Waals surface area contributed by atoms with E-state index in [1.807, 2.05) is 6.92 Å². The molecule has 0 N–H and O–H groups in total. The molecule has 5 nitrogen and oxygen atoms in total. The number of aromatic nitrogens is 3. The summed E-state index contributed by atoms with van der Waals surface area (Å²) >= 11 is 13.4. The van der Waals surface area contributed by atoms with Gasteiger partial charge in [-0.1, -0.05) is 41.9 Å². The lowest BCUT2D eigenvalue weighted by molar-refractivity contribution is -0.137. The van der Waals surface area contributed by atoms with E-state index in [4.69, 9.17) is 27.9 Å². The lowest BCUT2D eigenvalue weighted by Crippen LogP contribution is -2.07. The Labute approximate surface area is 156 Å². The van der Waals surface area contributed by atoms with Crippen LogP contribution in [0.3, 0.4) is 0 Å². The number of thioether (sulfide) groups is 1. The zero-order valence-corrected chi connectivity index (χ0v) is 15.5. The Kier molecular flexibility index (Phi) is 6.59. The minimum absolute atomic E-state index is 0.0652. The molecule has 0 amide bonds. The van der Waals surface area contributed by atoms with Gasteiger partial charge < -0.3 is 4.74 Å². The van der Waals surface area contributed by atoms with Crippen LogP contribution in [0.5, 0.6) is 0 Å². The molecule has 1 aromatic heterocycles. The molecule has 11 heteroatoms. The molecule has 2 aromatic rings. The van der Waals surface area contributed by atoms with Gasteiger partial charge in [0.15, 0.2) is 6.40 Å². The van der Waals surface area contributed by atoms with Gasteiger partial charge >= 0.3 is 6.18 Å². The number of ether oxygens (including phenoxy) is 1. The predicted octanol–water partition coefficient (Wildman–Crippen LogP) is 5.40. The van der Waals surface area contributed by atoms with Crippen molar-refractivity contribution in [3.8, 4) is 5.69 Å². The van der Waals surface area contributed by atoms with Crippen molar-refractivity contribution < 1.29 is 17.9 Å². The molecule has 0 radical (unpaired) electrons. The van der Waals surface area contributed by atoms with Gasteiger partial charge in [-0.05, 0) is 24.8 Å². The van der Waals surface area contributed by atoms with Crippen LogP contribution in [0, 0.1) is 0 Å². The second-order valence-electron chi connectivity index (χ2n) is 4.52. The summed E-state index contributed by atoms with van der Waals surface area (Å²) in [5.74, 6) is 0.792. The zero-order valence-electron chi connectivity index (χ0n) is 13.1. The molecule has 0 aliphatic rings. The third kappa shape index (κ3) is 4.80.